The summed E-state index contributed by atoms with van der Waals surface area (Å²) >= 11 is 0. The number of carbonyl (C=O) groups excluding carboxylic acids is 1. The van der Waals surface area contributed by atoms with Crippen molar-refractivity contribution in [2.45, 2.75) is 57.3 Å². The molecule has 2 unspecified atom stereocenters. The molecule has 0 radical (unpaired) electrons. The number of benzene rings is 3. The van der Waals surface area contributed by atoms with E-state index in [0.29, 0.717) is 32.8 Å². The minimum Gasteiger partial charge on any atom is -0.496 e. The van der Waals surface area contributed by atoms with Gasteiger partial charge in [-0.05, 0) is 49.6 Å². The SMILES string of the molecule is COc1ccccc1COCCCOc1ccc(C2CCN(C(=O)O)CC2OCc2cccc3c2N(C)C(=O)C3(C)C)cc1. The van der Waals surface area contributed by atoms with E-state index < -0.39 is 11.5 Å². The number of fused-ring (bicyclic) bond motifs is 1. The van der Waals surface area contributed by atoms with Gasteiger partial charge in [-0.15, -0.1) is 0 Å². The summed E-state index contributed by atoms with van der Waals surface area (Å²) in [7, 11) is 3.46. The Hall–Kier alpha value is -4.08. The Labute approximate surface area is 259 Å². The average Bonchev–Trinajstić information content (AvgIpc) is 3.21. The first-order chi connectivity index (χ1) is 21.2. The Morgan fingerprint density at radius 2 is 1.73 bits per heavy atom. The zero-order chi connectivity index (χ0) is 31.3. The standard InChI is InChI=1S/C35H42N2O7/c1-35(2)29-11-7-10-26(32(29)36(3)33(35)38)23-44-31-21-37(34(39)40)18-17-28(31)24-13-15-27(16-14-24)43-20-8-19-42-22-25-9-5-6-12-30(25)41-4/h5-7,9-16,28,31H,8,17-23H2,1-4H3,(H,39,40). The summed E-state index contributed by atoms with van der Waals surface area (Å²) in [4.78, 5) is 27.9. The first-order valence-corrected chi connectivity index (χ1v) is 15.1. The van der Waals surface area contributed by atoms with Gasteiger partial charge in [0.2, 0.25) is 5.91 Å². The molecule has 2 heterocycles. The van der Waals surface area contributed by atoms with Crippen LogP contribution in [0.1, 0.15) is 54.9 Å². The fraction of sp³-hybridized carbons (Fsp3) is 0.429. The quantitative estimate of drug-likeness (QED) is 0.255. The van der Waals surface area contributed by atoms with E-state index in [1.807, 2.05) is 80.6 Å². The molecular weight excluding hydrogens is 560 g/mol. The normalized spacial score (nSPS) is 19.1. The van der Waals surface area contributed by atoms with E-state index in [9.17, 15) is 14.7 Å². The monoisotopic (exact) mass is 602 g/mol. The topological polar surface area (TPSA) is 97.8 Å². The molecule has 0 aliphatic carbocycles. The lowest BCUT2D eigenvalue weighted by atomic mass is 9.85. The van der Waals surface area contributed by atoms with Crippen LogP contribution in [0, 0.1) is 0 Å². The molecular formula is C35H42N2O7. The van der Waals surface area contributed by atoms with Crippen LogP contribution in [0.25, 0.3) is 0 Å². The van der Waals surface area contributed by atoms with Gasteiger partial charge in [0.25, 0.3) is 0 Å². The van der Waals surface area contributed by atoms with Crippen molar-refractivity contribution in [1.82, 2.24) is 4.90 Å². The van der Waals surface area contributed by atoms with Gasteiger partial charge < -0.3 is 33.9 Å². The molecule has 3 aromatic rings. The largest absolute Gasteiger partial charge is 0.496 e. The fourth-order valence-corrected chi connectivity index (χ4v) is 6.25. The highest BCUT2D eigenvalue weighted by Crippen LogP contribution is 2.43. The van der Waals surface area contributed by atoms with Crippen molar-refractivity contribution in [3.63, 3.8) is 0 Å². The predicted molar refractivity (Wildman–Crippen MR) is 168 cm³/mol. The molecule has 234 valence electrons. The number of likely N-dealkylation sites (tertiary alicyclic amines) is 1. The fourth-order valence-electron chi connectivity index (χ4n) is 6.25. The lowest BCUT2D eigenvalue weighted by Crippen LogP contribution is -2.46. The van der Waals surface area contributed by atoms with Gasteiger partial charge in [-0.25, -0.2) is 4.79 Å². The average molecular weight is 603 g/mol. The van der Waals surface area contributed by atoms with Crippen molar-refractivity contribution in [2.24, 2.45) is 0 Å². The molecule has 2 aliphatic heterocycles. The number of carboxylic acid groups (broad SMARTS) is 1. The highest BCUT2D eigenvalue weighted by Gasteiger charge is 2.43. The van der Waals surface area contributed by atoms with E-state index in [0.717, 1.165) is 45.9 Å². The molecule has 0 aromatic heterocycles. The van der Waals surface area contributed by atoms with Gasteiger partial charge >= 0.3 is 6.09 Å². The summed E-state index contributed by atoms with van der Waals surface area (Å²) in [5, 5.41) is 9.70. The van der Waals surface area contributed by atoms with E-state index in [2.05, 4.69) is 0 Å². The number of amides is 2. The van der Waals surface area contributed by atoms with Crippen LogP contribution in [0.2, 0.25) is 0 Å². The van der Waals surface area contributed by atoms with Crippen LogP contribution in [-0.2, 0) is 32.9 Å². The predicted octanol–water partition coefficient (Wildman–Crippen LogP) is 5.99. The molecule has 2 aliphatic rings. The van der Waals surface area contributed by atoms with Gasteiger partial charge in [-0.3, -0.25) is 4.79 Å². The lowest BCUT2D eigenvalue weighted by Gasteiger charge is -2.37. The zero-order valence-corrected chi connectivity index (χ0v) is 26.0. The highest BCUT2D eigenvalue weighted by atomic mass is 16.5. The van der Waals surface area contributed by atoms with E-state index in [1.54, 1.807) is 19.1 Å². The van der Waals surface area contributed by atoms with Crippen LogP contribution >= 0.6 is 0 Å². The van der Waals surface area contributed by atoms with Gasteiger partial charge in [0.05, 0.1) is 57.3 Å². The summed E-state index contributed by atoms with van der Waals surface area (Å²) in [6.07, 6.45) is 0.124. The van der Waals surface area contributed by atoms with E-state index in [4.69, 9.17) is 18.9 Å². The molecule has 2 atom stereocenters. The third kappa shape index (κ3) is 6.69. The maximum absolute atomic E-state index is 12.9. The number of hydrogen-bond donors (Lipinski definition) is 1. The Morgan fingerprint density at radius 3 is 2.48 bits per heavy atom. The van der Waals surface area contributed by atoms with Gasteiger partial charge in [-0.1, -0.05) is 48.5 Å². The van der Waals surface area contributed by atoms with Gasteiger partial charge in [0, 0.05) is 37.1 Å². The lowest BCUT2D eigenvalue weighted by molar-refractivity contribution is -0.121. The number of para-hydroxylation sites is 2. The Morgan fingerprint density at radius 1 is 0.977 bits per heavy atom. The van der Waals surface area contributed by atoms with Crippen LogP contribution in [0.4, 0.5) is 10.5 Å². The Kier molecular flexibility index (Phi) is 9.76. The number of rotatable bonds is 12. The second-order valence-corrected chi connectivity index (χ2v) is 11.9. The summed E-state index contributed by atoms with van der Waals surface area (Å²) < 4.78 is 23.6. The minimum atomic E-state index is -0.944. The number of nitrogens with zero attached hydrogens (tertiary/aromatic N) is 2. The molecule has 2 amide bonds. The summed E-state index contributed by atoms with van der Waals surface area (Å²) in [5.74, 6) is 1.67. The maximum Gasteiger partial charge on any atom is 0.407 e. The van der Waals surface area contributed by atoms with E-state index >= 15 is 0 Å². The number of methoxy groups -OCH3 is 1. The van der Waals surface area contributed by atoms with Crippen molar-refractivity contribution in [1.29, 1.82) is 0 Å². The first kappa shape index (κ1) is 31.3. The highest BCUT2D eigenvalue weighted by molar-refractivity contribution is 6.07. The molecule has 0 saturated carbocycles. The molecule has 0 spiro atoms. The molecule has 0 bridgehead atoms. The number of likely N-dealkylation sites (N-methyl/N-ethyl adjacent to an activating group) is 1. The van der Waals surface area contributed by atoms with Crippen molar-refractivity contribution in [3.05, 3.63) is 89.0 Å². The molecule has 1 N–H and O–H groups in total. The smallest absolute Gasteiger partial charge is 0.407 e. The van der Waals surface area contributed by atoms with Gasteiger partial charge in [0.1, 0.15) is 11.5 Å². The van der Waals surface area contributed by atoms with Crippen molar-refractivity contribution < 1.29 is 33.6 Å². The van der Waals surface area contributed by atoms with Crippen LogP contribution in [0.5, 0.6) is 11.5 Å². The number of hydrogen-bond acceptors (Lipinski definition) is 6. The molecule has 3 aromatic carbocycles. The number of piperidine rings is 1. The van der Waals surface area contributed by atoms with Crippen molar-refractivity contribution in [2.75, 3.05) is 45.4 Å². The second-order valence-electron chi connectivity index (χ2n) is 11.9. The molecule has 1 fully saturated rings. The van der Waals surface area contributed by atoms with Crippen molar-refractivity contribution >= 4 is 17.7 Å². The first-order valence-electron chi connectivity index (χ1n) is 15.1. The van der Waals surface area contributed by atoms with Crippen LogP contribution in [0.15, 0.2) is 66.7 Å². The Balaban J connectivity index is 1.18. The van der Waals surface area contributed by atoms with Crippen LogP contribution in [-0.4, -0.2) is 68.6 Å². The maximum atomic E-state index is 12.9. The molecule has 44 heavy (non-hydrogen) atoms. The molecule has 9 heteroatoms. The van der Waals surface area contributed by atoms with Crippen LogP contribution < -0.4 is 14.4 Å². The summed E-state index contributed by atoms with van der Waals surface area (Å²) in [6.45, 7) is 6.48. The van der Waals surface area contributed by atoms with E-state index in [1.165, 1.54) is 4.90 Å². The van der Waals surface area contributed by atoms with Crippen molar-refractivity contribution in [3.8, 4) is 11.5 Å². The Bertz CT molecular complexity index is 1460. The third-order valence-electron chi connectivity index (χ3n) is 8.71. The number of ether oxygens (including phenoxy) is 4. The van der Waals surface area contributed by atoms with Gasteiger partial charge in [-0.2, -0.15) is 0 Å². The molecule has 1 saturated heterocycles. The minimum absolute atomic E-state index is 0.0237. The van der Waals surface area contributed by atoms with E-state index in [-0.39, 0.29) is 31.1 Å². The zero-order valence-electron chi connectivity index (χ0n) is 26.0. The second kappa shape index (κ2) is 13.7. The number of anilines is 1. The third-order valence-corrected chi connectivity index (χ3v) is 8.71. The van der Waals surface area contributed by atoms with Crippen LogP contribution in [0.3, 0.4) is 0 Å². The molecule has 9 nitrogen and oxygen atoms in total. The van der Waals surface area contributed by atoms with Gasteiger partial charge in [0.15, 0.2) is 0 Å². The molecule has 5 rings (SSSR count). The number of carbonyl (C=O) groups is 2. The summed E-state index contributed by atoms with van der Waals surface area (Å²) in [6, 6.07) is 21.7. The summed E-state index contributed by atoms with van der Waals surface area (Å²) in [5.41, 5.74) is 4.29.